The van der Waals surface area contributed by atoms with E-state index in [0.29, 0.717) is 5.56 Å². The van der Waals surface area contributed by atoms with E-state index in [1.807, 2.05) is 6.07 Å². The van der Waals surface area contributed by atoms with Gasteiger partial charge in [-0.1, -0.05) is 30.3 Å². The van der Waals surface area contributed by atoms with Crippen LogP contribution in [0.25, 0.3) is 0 Å². The molecule has 5 nitrogen and oxygen atoms in total. The van der Waals surface area contributed by atoms with Gasteiger partial charge in [-0.2, -0.15) is 13.2 Å². The SMILES string of the molecule is CC(O)(CNC(=O)C1CCN(C(=O)C(F)(F)F)CC1)c1ccccc1. The number of nitrogens with zero attached hydrogens (tertiary/aromatic N) is 1. The third-order valence-corrected chi connectivity index (χ3v) is 4.40. The molecular formula is C17H21F3N2O3. The van der Waals surface area contributed by atoms with Crippen molar-refractivity contribution in [3.8, 4) is 0 Å². The predicted octanol–water partition coefficient (Wildman–Crippen LogP) is 1.81. The van der Waals surface area contributed by atoms with Crippen molar-refractivity contribution in [2.75, 3.05) is 19.6 Å². The maximum absolute atomic E-state index is 12.4. The number of rotatable bonds is 4. The fraction of sp³-hybridized carbons (Fsp3) is 0.529. The van der Waals surface area contributed by atoms with Crippen molar-refractivity contribution in [2.45, 2.75) is 31.5 Å². The van der Waals surface area contributed by atoms with E-state index >= 15 is 0 Å². The number of carbonyl (C=O) groups excluding carboxylic acids is 2. The third-order valence-electron chi connectivity index (χ3n) is 4.40. The van der Waals surface area contributed by atoms with Crippen LogP contribution in [0, 0.1) is 5.92 Å². The van der Waals surface area contributed by atoms with E-state index in [9.17, 15) is 27.9 Å². The Bertz CT molecular complexity index is 609. The highest BCUT2D eigenvalue weighted by Crippen LogP contribution is 2.24. The maximum atomic E-state index is 12.4. The monoisotopic (exact) mass is 358 g/mol. The molecule has 1 fully saturated rings. The fourth-order valence-electron chi connectivity index (χ4n) is 2.83. The van der Waals surface area contributed by atoms with Gasteiger partial charge < -0.3 is 15.3 Å². The summed E-state index contributed by atoms with van der Waals surface area (Å²) in [5.41, 5.74) is -0.593. The van der Waals surface area contributed by atoms with Crippen molar-refractivity contribution in [2.24, 2.45) is 5.92 Å². The summed E-state index contributed by atoms with van der Waals surface area (Å²) in [4.78, 5) is 24.1. The van der Waals surface area contributed by atoms with Crippen LogP contribution in [0.2, 0.25) is 0 Å². The largest absolute Gasteiger partial charge is 0.471 e. The van der Waals surface area contributed by atoms with E-state index in [0.717, 1.165) is 4.90 Å². The molecule has 2 amide bonds. The van der Waals surface area contributed by atoms with Crippen molar-refractivity contribution >= 4 is 11.8 Å². The van der Waals surface area contributed by atoms with E-state index in [4.69, 9.17) is 0 Å². The third kappa shape index (κ3) is 4.94. The second-order valence-electron chi connectivity index (χ2n) is 6.42. The Morgan fingerprint density at radius 1 is 1.20 bits per heavy atom. The molecule has 2 rings (SSSR count). The molecule has 1 atom stereocenters. The Kier molecular flexibility index (Phi) is 5.72. The average molecular weight is 358 g/mol. The van der Waals surface area contributed by atoms with Crippen LogP contribution >= 0.6 is 0 Å². The Hall–Kier alpha value is -2.09. The van der Waals surface area contributed by atoms with Crippen molar-refractivity contribution in [3.05, 3.63) is 35.9 Å². The second kappa shape index (κ2) is 7.43. The zero-order valence-electron chi connectivity index (χ0n) is 13.8. The van der Waals surface area contributed by atoms with E-state index in [-0.39, 0.29) is 38.4 Å². The van der Waals surface area contributed by atoms with Gasteiger partial charge >= 0.3 is 12.1 Å². The first-order valence-corrected chi connectivity index (χ1v) is 8.03. The number of hydrogen-bond donors (Lipinski definition) is 2. The zero-order chi connectivity index (χ0) is 18.7. The number of likely N-dealkylation sites (tertiary alicyclic amines) is 1. The molecule has 0 spiro atoms. The molecule has 2 N–H and O–H groups in total. The number of nitrogens with one attached hydrogen (secondary N) is 1. The van der Waals surface area contributed by atoms with Crippen LogP contribution in [-0.4, -0.2) is 47.6 Å². The van der Waals surface area contributed by atoms with E-state index in [1.165, 1.54) is 0 Å². The molecule has 0 radical (unpaired) electrons. The van der Waals surface area contributed by atoms with Gasteiger partial charge in [-0.25, -0.2) is 0 Å². The number of alkyl halides is 3. The first-order valence-electron chi connectivity index (χ1n) is 8.03. The summed E-state index contributed by atoms with van der Waals surface area (Å²) < 4.78 is 37.2. The minimum atomic E-state index is -4.89. The quantitative estimate of drug-likeness (QED) is 0.863. The highest BCUT2D eigenvalue weighted by atomic mass is 19.4. The summed E-state index contributed by atoms with van der Waals surface area (Å²) in [5.74, 6) is -2.66. The molecule has 138 valence electrons. The summed E-state index contributed by atoms with van der Waals surface area (Å²) in [5, 5.41) is 13.1. The summed E-state index contributed by atoms with van der Waals surface area (Å²) in [6, 6.07) is 8.85. The molecule has 0 saturated carbocycles. The molecule has 0 aromatic heterocycles. The molecule has 1 aliphatic rings. The Labute approximate surface area is 143 Å². The summed E-state index contributed by atoms with van der Waals surface area (Å²) >= 11 is 0. The molecule has 8 heteroatoms. The van der Waals surface area contributed by atoms with Gasteiger partial charge in [0, 0.05) is 19.0 Å². The molecule has 1 unspecified atom stereocenters. The van der Waals surface area contributed by atoms with Crippen LogP contribution in [0.4, 0.5) is 13.2 Å². The van der Waals surface area contributed by atoms with Crippen molar-refractivity contribution in [3.63, 3.8) is 0 Å². The number of piperidine rings is 1. The zero-order valence-corrected chi connectivity index (χ0v) is 13.8. The van der Waals surface area contributed by atoms with E-state index < -0.39 is 23.6 Å². The van der Waals surface area contributed by atoms with Crippen LogP contribution in [0.5, 0.6) is 0 Å². The summed E-state index contributed by atoms with van der Waals surface area (Å²) in [7, 11) is 0. The number of carbonyl (C=O) groups is 2. The Balaban J connectivity index is 1.84. The topological polar surface area (TPSA) is 69.6 Å². The van der Waals surface area contributed by atoms with Gasteiger partial charge in [0.05, 0.1) is 6.54 Å². The first-order chi connectivity index (χ1) is 11.6. The van der Waals surface area contributed by atoms with Crippen LogP contribution in [0.1, 0.15) is 25.3 Å². The van der Waals surface area contributed by atoms with Gasteiger partial charge in [-0.15, -0.1) is 0 Å². The number of halogens is 3. The lowest BCUT2D eigenvalue weighted by Crippen LogP contribution is -2.48. The molecule has 1 heterocycles. The van der Waals surface area contributed by atoms with Gasteiger partial charge in [0.2, 0.25) is 5.91 Å². The molecule has 25 heavy (non-hydrogen) atoms. The summed E-state index contributed by atoms with van der Waals surface area (Å²) in [6.45, 7) is 1.36. The number of hydrogen-bond acceptors (Lipinski definition) is 3. The fourth-order valence-corrected chi connectivity index (χ4v) is 2.83. The number of amides is 2. The highest BCUT2D eigenvalue weighted by Gasteiger charge is 2.43. The standard InChI is InChI=1S/C17H21F3N2O3/c1-16(25,13-5-3-2-4-6-13)11-21-14(23)12-7-9-22(10-8-12)15(24)17(18,19)20/h2-6,12,25H,7-11H2,1H3,(H,21,23). The smallest absolute Gasteiger partial charge is 0.384 e. The van der Waals surface area contributed by atoms with Gasteiger partial charge in [0.25, 0.3) is 0 Å². The predicted molar refractivity (Wildman–Crippen MR) is 84.4 cm³/mol. The van der Waals surface area contributed by atoms with Crippen LogP contribution in [-0.2, 0) is 15.2 Å². The minimum Gasteiger partial charge on any atom is -0.384 e. The molecule has 1 aromatic carbocycles. The average Bonchev–Trinajstić information content (AvgIpc) is 2.59. The normalized spacial score (nSPS) is 18.5. The van der Waals surface area contributed by atoms with Gasteiger partial charge in [-0.3, -0.25) is 9.59 Å². The van der Waals surface area contributed by atoms with Gasteiger partial charge in [0.1, 0.15) is 5.60 Å². The Morgan fingerprint density at radius 3 is 2.28 bits per heavy atom. The Morgan fingerprint density at radius 2 is 1.76 bits per heavy atom. The maximum Gasteiger partial charge on any atom is 0.471 e. The van der Waals surface area contributed by atoms with E-state index in [1.54, 1.807) is 31.2 Å². The van der Waals surface area contributed by atoms with Crippen molar-refractivity contribution in [1.82, 2.24) is 10.2 Å². The summed E-state index contributed by atoms with van der Waals surface area (Å²) in [6.07, 6.45) is -4.55. The highest BCUT2D eigenvalue weighted by molar-refractivity contribution is 5.83. The minimum absolute atomic E-state index is 0.00244. The lowest BCUT2D eigenvalue weighted by molar-refractivity contribution is -0.186. The van der Waals surface area contributed by atoms with Crippen molar-refractivity contribution in [1.29, 1.82) is 0 Å². The van der Waals surface area contributed by atoms with Crippen LogP contribution in [0.15, 0.2) is 30.3 Å². The molecule has 1 aromatic rings. The number of aliphatic hydroxyl groups is 1. The van der Waals surface area contributed by atoms with Gasteiger partial charge in [-0.05, 0) is 25.3 Å². The van der Waals surface area contributed by atoms with Crippen molar-refractivity contribution < 1.29 is 27.9 Å². The molecule has 1 saturated heterocycles. The van der Waals surface area contributed by atoms with Crippen LogP contribution in [0.3, 0.4) is 0 Å². The molecule has 1 aliphatic heterocycles. The lowest BCUT2D eigenvalue weighted by Gasteiger charge is -2.32. The molecule has 0 aliphatic carbocycles. The lowest BCUT2D eigenvalue weighted by atomic mass is 9.93. The van der Waals surface area contributed by atoms with Crippen LogP contribution < -0.4 is 5.32 Å². The molecule has 0 bridgehead atoms. The van der Waals surface area contributed by atoms with Gasteiger partial charge in [0.15, 0.2) is 0 Å². The second-order valence-corrected chi connectivity index (χ2v) is 6.42. The first kappa shape index (κ1) is 19.2. The number of benzene rings is 1. The molecular weight excluding hydrogens is 337 g/mol. The van der Waals surface area contributed by atoms with E-state index in [2.05, 4.69) is 5.32 Å².